The van der Waals surface area contributed by atoms with E-state index >= 15 is 0 Å². The van der Waals surface area contributed by atoms with Crippen LogP contribution in [0.1, 0.15) is 32.3 Å². The van der Waals surface area contributed by atoms with Crippen LogP contribution < -0.4 is 0 Å². The van der Waals surface area contributed by atoms with Crippen LogP contribution in [0, 0.1) is 5.92 Å². The van der Waals surface area contributed by atoms with E-state index in [1.807, 2.05) is 0 Å². The van der Waals surface area contributed by atoms with Gasteiger partial charge >= 0.3 is 0 Å². The lowest BCUT2D eigenvalue weighted by Crippen LogP contribution is -1.99. The summed E-state index contributed by atoms with van der Waals surface area (Å²) in [6.07, 6.45) is 6.98. The first-order valence-corrected chi connectivity index (χ1v) is 7.79. The first-order chi connectivity index (χ1) is 10.2. The van der Waals surface area contributed by atoms with Gasteiger partial charge in [0.15, 0.2) is 0 Å². The molecule has 0 heteroatoms. The Morgan fingerprint density at radius 2 is 1.29 bits per heavy atom. The molecule has 0 spiro atoms. The zero-order chi connectivity index (χ0) is 14.7. The van der Waals surface area contributed by atoms with Gasteiger partial charge in [-0.2, -0.15) is 0 Å². The highest BCUT2D eigenvalue weighted by Gasteiger charge is 2.10. The smallest absolute Gasteiger partial charge is 0.0184 e. The van der Waals surface area contributed by atoms with Crippen LogP contribution in [0.25, 0.3) is 16.7 Å². The molecule has 0 fully saturated rings. The van der Waals surface area contributed by atoms with Crippen LogP contribution >= 0.6 is 0 Å². The average molecular weight is 274 g/mol. The van der Waals surface area contributed by atoms with Crippen molar-refractivity contribution in [1.29, 1.82) is 0 Å². The van der Waals surface area contributed by atoms with E-state index in [2.05, 4.69) is 80.6 Å². The van der Waals surface area contributed by atoms with Crippen molar-refractivity contribution in [2.24, 2.45) is 5.92 Å². The van der Waals surface area contributed by atoms with E-state index in [0.717, 1.165) is 6.42 Å². The van der Waals surface area contributed by atoms with Crippen molar-refractivity contribution in [2.75, 3.05) is 0 Å². The third-order valence-corrected chi connectivity index (χ3v) is 4.29. The second-order valence-electron chi connectivity index (χ2n) is 6.03. The number of hydrogen-bond acceptors (Lipinski definition) is 0. The number of hydrogen-bond donors (Lipinski definition) is 0. The molecule has 0 saturated heterocycles. The molecule has 0 bridgehead atoms. The quantitative estimate of drug-likeness (QED) is 0.633. The molecule has 0 atom stereocenters. The molecule has 106 valence electrons. The normalized spacial score (nSPS) is 14.8. The average Bonchev–Trinajstić information content (AvgIpc) is 2.56. The van der Waals surface area contributed by atoms with Crippen molar-refractivity contribution in [1.82, 2.24) is 0 Å². The van der Waals surface area contributed by atoms with Crippen molar-refractivity contribution in [3.63, 3.8) is 0 Å². The predicted octanol–water partition coefficient (Wildman–Crippen LogP) is 6.11. The highest BCUT2D eigenvalue weighted by Crippen LogP contribution is 2.30. The van der Waals surface area contributed by atoms with Crippen molar-refractivity contribution in [3.05, 3.63) is 77.9 Å². The maximum absolute atomic E-state index is 2.31. The first-order valence-electron chi connectivity index (χ1n) is 7.79. The maximum atomic E-state index is 2.31. The van der Waals surface area contributed by atoms with Gasteiger partial charge in [0.2, 0.25) is 0 Å². The molecule has 0 N–H and O–H groups in total. The molecule has 0 nitrogen and oxygen atoms in total. The lowest BCUT2D eigenvalue weighted by atomic mass is 9.88. The van der Waals surface area contributed by atoms with Crippen LogP contribution in [-0.2, 0) is 0 Å². The molecule has 1 aliphatic carbocycles. The molecular formula is C21H22. The van der Waals surface area contributed by atoms with Gasteiger partial charge in [-0.1, -0.05) is 86.2 Å². The van der Waals surface area contributed by atoms with Crippen molar-refractivity contribution in [3.8, 4) is 11.1 Å². The summed E-state index contributed by atoms with van der Waals surface area (Å²) in [5, 5.41) is 0. The number of allylic oxidation sites excluding steroid dienone is 4. The summed E-state index contributed by atoms with van der Waals surface area (Å²) in [6.45, 7) is 4.55. The molecular weight excluding hydrogens is 252 g/mol. The van der Waals surface area contributed by atoms with Crippen LogP contribution in [0.4, 0.5) is 0 Å². The van der Waals surface area contributed by atoms with E-state index in [9.17, 15) is 0 Å². The predicted molar refractivity (Wildman–Crippen MR) is 92.0 cm³/mol. The second kappa shape index (κ2) is 6.13. The molecule has 0 amide bonds. The summed E-state index contributed by atoms with van der Waals surface area (Å²) in [5.74, 6) is 0.670. The fraction of sp³-hybridized carbons (Fsp3) is 0.238. The summed E-state index contributed by atoms with van der Waals surface area (Å²) in [7, 11) is 0. The molecule has 3 rings (SSSR count). The minimum atomic E-state index is 0.670. The highest BCUT2D eigenvalue weighted by atomic mass is 14.2. The van der Waals surface area contributed by atoms with Crippen molar-refractivity contribution >= 4 is 5.57 Å². The first kappa shape index (κ1) is 13.9. The Morgan fingerprint density at radius 3 is 1.86 bits per heavy atom. The van der Waals surface area contributed by atoms with E-state index in [-0.39, 0.29) is 0 Å². The van der Waals surface area contributed by atoms with Crippen LogP contribution in [0.3, 0.4) is 0 Å². The Balaban J connectivity index is 1.83. The van der Waals surface area contributed by atoms with E-state index in [0.29, 0.717) is 5.92 Å². The van der Waals surface area contributed by atoms with Crippen molar-refractivity contribution < 1.29 is 0 Å². The molecule has 0 saturated carbocycles. The Labute approximate surface area is 127 Å². The lowest BCUT2D eigenvalue weighted by molar-refractivity contribution is 0.713. The summed E-state index contributed by atoms with van der Waals surface area (Å²) >= 11 is 0. The molecule has 0 aliphatic heterocycles. The molecule has 0 unspecified atom stereocenters. The topological polar surface area (TPSA) is 0 Å². The van der Waals surface area contributed by atoms with E-state index < -0.39 is 0 Å². The Bertz CT molecular complexity index is 655. The van der Waals surface area contributed by atoms with Gasteiger partial charge in [-0.15, -0.1) is 0 Å². The molecule has 2 aromatic rings. The third kappa shape index (κ3) is 3.16. The maximum Gasteiger partial charge on any atom is -0.0184 e. The van der Waals surface area contributed by atoms with Gasteiger partial charge in [-0.05, 0) is 41.0 Å². The van der Waals surface area contributed by atoms with E-state index in [1.54, 1.807) is 5.57 Å². The Hall–Kier alpha value is -2.08. The van der Waals surface area contributed by atoms with Gasteiger partial charge in [0, 0.05) is 0 Å². The summed E-state index contributed by atoms with van der Waals surface area (Å²) in [5.41, 5.74) is 6.95. The minimum Gasteiger partial charge on any atom is -0.0673 e. The minimum absolute atomic E-state index is 0.670. The standard InChI is InChI=1S/C21H22/c1-16(2)17-8-10-20(11-9-17)21-14-12-19(13-15-21)18-6-4-3-5-7-18/h3-8,10,12-16H,9,11H2,1-2H3. The third-order valence-electron chi connectivity index (χ3n) is 4.29. The van der Waals surface area contributed by atoms with Crippen LogP contribution in [0.15, 0.2) is 72.3 Å². The molecule has 21 heavy (non-hydrogen) atoms. The van der Waals surface area contributed by atoms with Gasteiger partial charge < -0.3 is 0 Å². The lowest BCUT2D eigenvalue weighted by Gasteiger charge is -2.17. The monoisotopic (exact) mass is 274 g/mol. The number of rotatable bonds is 3. The summed E-state index contributed by atoms with van der Waals surface area (Å²) < 4.78 is 0. The molecule has 0 heterocycles. The summed E-state index contributed by atoms with van der Waals surface area (Å²) in [6, 6.07) is 19.5. The molecule has 0 radical (unpaired) electrons. The van der Waals surface area contributed by atoms with Gasteiger partial charge in [0.1, 0.15) is 0 Å². The fourth-order valence-corrected chi connectivity index (χ4v) is 2.88. The van der Waals surface area contributed by atoms with Crippen LogP contribution in [0.2, 0.25) is 0 Å². The molecule has 0 aromatic heterocycles. The molecule has 1 aliphatic rings. The van der Waals surface area contributed by atoms with Gasteiger partial charge in [0.25, 0.3) is 0 Å². The Kier molecular flexibility index (Phi) is 4.06. The van der Waals surface area contributed by atoms with Crippen LogP contribution in [0.5, 0.6) is 0 Å². The fourth-order valence-electron chi connectivity index (χ4n) is 2.88. The second-order valence-corrected chi connectivity index (χ2v) is 6.03. The van der Waals surface area contributed by atoms with E-state index in [1.165, 1.54) is 28.7 Å². The zero-order valence-electron chi connectivity index (χ0n) is 12.8. The number of benzene rings is 2. The van der Waals surface area contributed by atoms with Crippen LogP contribution in [-0.4, -0.2) is 0 Å². The van der Waals surface area contributed by atoms with E-state index in [4.69, 9.17) is 0 Å². The summed E-state index contributed by atoms with van der Waals surface area (Å²) in [4.78, 5) is 0. The zero-order valence-corrected chi connectivity index (χ0v) is 12.8. The Morgan fingerprint density at radius 1 is 0.667 bits per heavy atom. The molecule has 2 aromatic carbocycles. The van der Waals surface area contributed by atoms with Crippen molar-refractivity contribution in [2.45, 2.75) is 26.7 Å². The largest absolute Gasteiger partial charge is 0.0673 e. The van der Waals surface area contributed by atoms with Gasteiger partial charge in [0.05, 0.1) is 0 Å². The van der Waals surface area contributed by atoms with Gasteiger partial charge in [-0.25, -0.2) is 0 Å². The SMILES string of the molecule is CC(C)C1=CC=C(c2ccc(-c3ccccc3)cc2)CC1. The van der Waals surface area contributed by atoms with Gasteiger partial charge in [-0.3, -0.25) is 0 Å². The highest BCUT2D eigenvalue weighted by molar-refractivity contribution is 5.72.